The zero-order valence-corrected chi connectivity index (χ0v) is 17.7. The lowest BCUT2D eigenvalue weighted by Crippen LogP contribution is -2.50. The number of amides is 1. The van der Waals surface area contributed by atoms with Crippen LogP contribution in [0.2, 0.25) is 0 Å². The number of likely N-dealkylation sites (tertiary alicyclic amines) is 1. The molecule has 0 spiro atoms. The number of carbonyl (C=O) groups is 1. The summed E-state index contributed by atoms with van der Waals surface area (Å²) in [5, 5.41) is 8.27. The van der Waals surface area contributed by atoms with Crippen LogP contribution in [0.5, 0.6) is 0 Å². The zero-order valence-electron chi connectivity index (χ0n) is 17.7. The Labute approximate surface area is 183 Å². The normalized spacial score (nSPS) is 20.5. The van der Waals surface area contributed by atoms with E-state index in [1.54, 1.807) is 0 Å². The first kappa shape index (κ1) is 20.9. The van der Waals surface area contributed by atoms with Gasteiger partial charge >= 0.3 is 6.18 Å². The van der Waals surface area contributed by atoms with Crippen LogP contribution in [0, 0.1) is 0 Å². The van der Waals surface area contributed by atoms with Crippen LogP contribution in [0.3, 0.4) is 0 Å². The van der Waals surface area contributed by atoms with Gasteiger partial charge in [0.25, 0.3) is 0 Å². The highest BCUT2D eigenvalue weighted by Crippen LogP contribution is 2.33. The predicted octanol–water partition coefficient (Wildman–Crippen LogP) is 3.91. The van der Waals surface area contributed by atoms with Crippen LogP contribution >= 0.6 is 0 Å². The molecule has 9 heteroatoms. The Morgan fingerprint density at radius 1 is 1.12 bits per heavy atom. The second-order valence-electron chi connectivity index (χ2n) is 8.58. The highest BCUT2D eigenvalue weighted by atomic mass is 19.4. The first-order valence-corrected chi connectivity index (χ1v) is 10.9. The molecule has 0 radical (unpaired) electrons. The van der Waals surface area contributed by atoms with Gasteiger partial charge < -0.3 is 4.90 Å². The Hall–Kier alpha value is -2.94. The fourth-order valence-electron chi connectivity index (χ4n) is 4.87. The molecule has 1 amide bonds. The summed E-state index contributed by atoms with van der Waals surface area (Å²) in [4.78, 5) is 17.3. The molecule has 2 aliphatic rings. The maximum atomic E-state index is 13.3. The van der Waals surface area contributed by atoms with Gasteiger partial charge in [-0.1, -0.05) is 18.2 Å². The third kappa shape index (κ3) is 3.64. The number of benzene rings is 1. The number of anilines is 1. The Morgan fingerprint density at radius 2 is 1.94 bits per heavy atom. The Bertz CT molecular complexity index is 1160. The van der Waals surface area contributed by atoms with E-state index in [2.05, 4.69) is 21.2 Å². The summed E-state index contributed by atoms with van der Waals surface area (Å²) in [6, 6.07) is 10.00. The molecule has 168 valence electrons. The SMILES string of the molecule is CC(C(=O)N1CCc2ccccc21)N1CCCC(c2nnc3ccc(C(F)(F)F)cn23)C1. The number of alkyl halides is 3. The number of aromatic nitrogens is 3. The van der Waals surface area contributed by atoms with Crippen LogP contribution in [0.15, 0.2) is 42.6 Å². The number of rotatable bonds is 3. The van der Waals surface area contributed by atoms with Crippen molar-refractivity contribution in [2.45, 2.75) is 44.3 Å². The molecule has 1 saturated heterocycles. The summed E-state index contributed by atoms with van der Waals surface area (Å²) in [7, 11) is 0. The van der Waals surface area contributed by atoms with Crippen molar-refractivity contribution in [1.29, 1.82) is 0 Å². The molecule has 0 N–H and O–H groups in total. The fourth-order valence-corrected chi connectivity index (χ4v) is 4.87. The van der Waals surface area contributed by atoms with E-state index in [1.807, 2.05) is 30.0 Å². The average molecular weight is 443 g/mol. The van der Waals surface area contributed by atoms with Gasteiger partial charge in [-0.15, -0.1) is 10.2 Å². The second kappa shape index (κ2) is 7.88. The summed E-state index contributed by atoms with van der Waals surface area (Å²) < 4.78 is 41.0. The van der Waals surface area contributed by atoms with Crippen LogP contribution in [0.4, 0.5) is 18.9 Å². The molecule has 1 fully saturated rings. The Kier molecular flexibility index (Phi) is 5.16. The molecule has 5 rings (SSSR count). The van der Waals surface area contributed by atoms with Crippen molar-refractivity contribution in [1.82, 2.24) is 19.5 Å². The minimum absolute atomic E-state index is 0.0565. The molecule has 2 unspecified atom stereocenters. The van der Waals surface area contributed by atoms with E-state index in [9.17, 15) is 18.0 Å². The number of fused-ring (bicyclic) bond motifs is 2. The number of halogens is 3. The van der Waals surface area contributed by atoms with Crippen LogP contribution in [-0.4, -0.2) is 51.1 Å². The van der Waals surface area contributed by atoms with E-state index in [-0.39, 0.29) is 17.9 Å². The van der Waals surface area contributed by atoms with Gasteiger partial charge in [0.2, 0.25) is 5.91 Å². The first-order chi connectivity index (χ1) is 15.3. The maximum Gasteiger partial charge on any atom is 0.417 e. The molecule has 2 atom stereocenters. The van der Waals surface area contributed by atoms with E-state index >= 15 is 0 Å². The molecule has 2 aliphatic heterocycles. The lowest BCUT2D eigenvalue weighted by molar-refractivity contribution is -0.137. The number of hydrogen-bond acceptors (Lipinski definition) is 4. The van der Waals surface area contributed by atoms with Gasteiger partial charge in [0.15, 0.2) is 5.65 Å². The third-order valence-electron chi connectivity index (χ3n) is 6.63. The molecule has 0 saturated carbocycles. The lowest BCUT2D eigenvalue weighted by Gasteiger charge is -2.37. The molecule has 6 nitrogen and oxygen atoms in total. The Balaban J connectivity index is 1.36. The monoisotopic (exact) mass is 443 g/mol. The van der Waals surface area contributed by atoms with Gasteiger partial charge in [-0.05, 0) is 56.5 Å². The quantitative estimate of drug-likeness (QED) is 0.616. The largest absolute Gasteiger partial charge is 0.417 e. The summed E-state index contributed by atoms with van der Waals surface area (Å²) in [5.41, 5.74) is 1.82. The summed E-state index contributed by atoms with van der Waals surface area (Å²) >= 11 is 0. The number of carbonyl (C=O) groups excluding carboxylic acids is 1. The van der Waals surface area contributed by atoms with Crippen molar-refractivity contribution in [2.24, 2.45) is 0 Å². The summed E-state index contributed by atoms with van der Waals surface area (Å²) in [5.74, 6) is 0.478. The molecule has 1 aromatic carbocycles. The van der Waals surface area contributed by atoms with Crippen molar-refractivity contribution in [3.8, 4) is 0 Å². The molecule has 4 heterocycles. The van der Waals surface area contributed by atoms with Crippen molar-refractivity contribution in [3.63, 3.8) is 0 Å². The minimum atomic E-state index is -4.43. The summed E-state index contributed by atoms with van der Waals surface area (Å²) in [6.07, 6.45) is -0.876. The molecule has 2 aromatic heterocycles. The van der Waals surface area contributed by atoms with Crippen LogP contribution in [0.1, 0.15) is 42.6 Å². The minimum Gasteiger partial charge on any atom is -0.310 e. The fraction of sp³-hybridized carbons (Fsp3) is 0.435. The molecular formula is C23H24F3N5O. The maximum absolute atomic E-state index is 13.3. The van der Waals surface area contributed by atoms with Gasteiger partial charge in [-0.2, -0.15) is 13.2 Å². The smallest absolute Gasteiger partial charge is 0.310 e. The lowest BCUT2D eigenvalue weighted by atomic mass is 9.95. The third-order valence-corrected chi connectivity index (χ3v) is 6.63. The van der Waals surface area contributed by atoms with Gasteiger partial charge in [-0.25, -0.2) is 0 Å². The van der Waals surface area contributed by atoms with Gasteiger partial charge in [0.05, 0.1) is 11.6 Å². The zero-order chi connectivity index (χ0) is 22.5. The van der Waals surface area contributed by atoms with E-state index in [4.69, 9.17) is 0 Å². The van der Waals surface area contributed by atoms with Crippen molar-refractivity contribution in [3.05, 3.63) is 59.5 Å². The molecule has 0 bridgehead atoms. The molecule has 3 aromatic rings. The molecule has 32 heavy (non-hydrogen) atoms. The van der Waals surface area contributed by atoms with E-state index in [0.29, 0.717) is 24.6 Å². The van der Waals surface area contributed by atoms with E-state index in [1.165, 1.54) is 16.0 Å². The van der Waals surface area contributed by atoms with Gasteiger partial charge in [0.1, 0.15) is 5.82 Å². The van der Waals surface area contributed by atoms with Crippen LogP contribution in [-0.2, 0) is 17.4 Å². The second-order valence-corrected chi connectivity index (χ2v) is 8.58. The van der Waals surface area contributed by atoms with Crippen molar-refractivity contribution in [2.75, 3.05) is 24.5 Å². The number of para-hydroxylation sites is 1. The number of pyridine rings is 1. The standard InChI is InChI=1S/C23H24F3N5O/c1-15(22(32)30-12-10-16-5-2-3-7-19(16)30)29-11-4-6-17(13-29)21-28-27-20-9-8-18(14-31(20)21)23(24,25)26/h2-3,5,7-9,14-15,17H,4,6,10-13H2,1H3. The highest BCUT2D eigenvalue weighted by molar-refractivity contribution is 5.98. The number of hydrogen-bond donors (Lipinski definition) is 0. The number of nitrogens with zero attached hydrogens (tertiary/aromatic N) is 5. The molecular weight excluding hydrogens is 419 g/mol. The van der Waals surface area contributed by atoms with Crippen LogP contribution < -0.4 is 4.90 Å². The van der Waals surface area contributed by atoms with E-state index < -0.39 is 11.7 Å². The van der Waals surface area contributed by atoms with Crippen molar-refractivity contribution >= 4 is 17.2 Å². The van der Waals surface area contributed by atoms with Gasteiger partial charge in [0, 0.05) is 30.9 Å². The topological polar surface area (TPSA) is 53.7 Å². The highest BCUT2D eigenvalue weighted by Gasteiger charge is 2.35. The predicted molar refractivity (Wildman–Crippen MR) is 113 cm³/mol. The van der Waals surface area contributed by atoms with E-state index in [0.717, 1.165) is 43.8 Å². The van der Waals surface area contributed by atoms with Gasteiger partial charge in [-0.3, -0.25) is 14.1 Å². The van der Waals surface area contributed by atoms with Crippen LogP contribution in [0.25, 0.3) is 5.65 Å². The Morgan fingerprint density at radius 3 is 2.75 bits per heavy atom. The first-order valence-electron chi connectivity index (χ1n) is 10.9. The number of piperidine rings is 1. The average Bonchev–Trinajstić information content (AvgIpc) is 3.41. The van der Waals surface area contributed by atoms with Crippen molar-refractivity contribution < 1.29 is 18.0 Å². The molecule has 0 aliphatic carbocycles. The summed E-state index contributed by atoms with van der Waals surface area (Å²) in [6.45, 7) is 3.91.